The Morgan fingerprint density at radius 1 is 1.19 bits per heavy atom. The summed E-state index contributed by atoms with van der Waals surface area (Å²) in [5, 5.41) is 0. The fourth-order valence-corrected chi connectivity index (χ4v) is 3.76. The highest BCUT2D eigenvalue weighted by molar-refractivity contribution is 5.94. The maximum atomic E-state index is 13.0. The van der Waals surface area contributed by atoms with Crippen LogP contribution in [0.2, 0.25) is 0 Å². The maximum absolute atomic E-state index is 13.0. The van der Waals surface area contributed by atoms with E-state index in [2.05, 4.69) is 4.98 Å². The molecule has 0 aliphatic carbocycles. The molecule has 0 bridgehead atoms. The van der Waals surface area contributed by atoms with Crippen LogP contribution in [0, 0.1) is 0 Å². The van der Waals surface area contributed by atoms with Crippen molar-refractivity contribution in [2.45, 2.75) is 58.7 Å². The van der Waals surface area contributed by atoms with Crippen LogP contribution >= 0.6 is 0 Å². The minimum atomic E-state index is -0.582. The zero-order chi connectivity index (χ0) is 23.1. The Morgan fingerprint density at radius 3 is 2.50 bits per heavy atom. The van der Waals surface area contributed by atoms with Crippen LogP contribution in [0.3, 0.4) is 0 Å². The number of carbonyl (C=O) groups is 2. The van der Waals surface area contributed by atoms with Gasteiger partial charge >= 0.3 is 12.1 Å². The van der Waals surface area contributed by atoms with E-state index in [0.29, 0.717) is 32.0 Å². The molecule has 1 fully saturated rings. The second kappa shape index (κ2) is 10.6. The molecule has 8 nitrogen and oxygen atoms in total. The highest BCUT2D eigenvalue weighted by Gasteiger charge is 2.30. The summed E-state index contributed by atoms with van der Waals surface area (Å²) in [4.78, 5) is 31.6. The molecule has 2 aromatic rings. The van der Waals surface area contributed by atoms with Gasteiger partial charge in [-0.05, 0) is 40.5 Å². The van der Waals surface area contributed by atoms with Crippen LogP contribution < -0.4 is 0 Å². The van der Waals surface area contributed by atoms with Gasteiger partial charge in [0.05, 0.1) is 18.6 Å². The fourth-order valence-electron chi connectivity index (χ4n) is 3.76. The number of ether oxygens (including phenoxy) is 3. The van der Waals surface area contributed by atoms with E-state index in [1.54, 1.807) is 18.2 Å². The standard InChI is InChI=1S/C24H33N3O5/c1-5-31-22(28)20-21(18-9-7-6-8-10-18)26(17-25-20)13-14-27(19-11-15-30-16-12-19)23(29)32-24(2,3)4/h6-10,17,19H,5,11-16H2,1-4H3. The number of aromatic nitrogens is 2. The number of esters is 1. The third kappa shape index (κ3) is 6.09. The third-order valence-corrected chi connectivity index (χ3v) is 5.20. The number of imidazole rings is 1. The molecule has 2 heterocycles. The van der Waals surface area contributed by atoms with E-state index in [1.807, 2.05) is 55.7 Å². The Bertz CT molecular complexity index is 898. The van der Waals surface area contributed by atoms with Gasteiger partial charge < -0.3 is 23.7 Å². The molecule has 8 heteroatoms. The first-order valence-corrected chi connectivity index (χ1v) is 11.1. The molecule has 0 radical (unpaired) electrons. The number of nitrogens with zero attached hydrogens (tertiary/aromatic N) is 3. The van der Waals surface area contributed by atoms with Gasteiger partial charge in [-0.25, -0.2) is 14.6 Å². The second-order valence-electron chi connectivity index (χ2n) is 8.74. The topological polar surface area (TPSA) is 82.9 Å². The SMILES string of the molecule is CCOC(=O)c1ncn(CCN(C(=O)OC(C)(C)C)C2CCOCC2)c1-c1ccccc1. The average molecular weight is 444 g/mol. The maximum Gasteiger partial charge on any atom is 0.410 e. The molecular weight excluding hydrogens is 410 g/mol. The van der Waals surface area contributed by atoms with E-state index >= 15 is 0 Å². The van der Waals surface area contributed by atoms with Gasteiger partial charge in [-0.3, -0.25) is 0 Å². The highest BCUT2D eigenvalue weighted by Crippen LogP contribution is 2.25. The molecule has 0 unspecified atom stereocenters. The molecule has 1 aliphatic rings. The van der Waals surface area contributed by atoms with Crippen molar-refractivity contribution in [3.05, 3.63) is 42.4 Å². The Labute approximate surface area is 189 Å². The molecule has 3 rings (SSSR count). The van der Waals surface area contributed by atoms with E-state index in [4.69, 9.17) is 14.2 Å². The molecule has 0 N–H and O–H groups in total. The number of hydrogen-bond donors (Lipinski definition) is 0. The summed E-state index contributed by atoms with van der Waals surface area (Å²) in [7, 11) is 0. The van der Waals surface area contributed by atoms with Crippen molar-refractivity contribution in [1.29, 1.82) is 0 Å². The largest absolute Gasteiger partial charge is 0.461 e. The van der Waals surface area contributed by atoms with Gasteiger partial charge in [0.15, 0.2) is 5.69 Å². The second-order valence-corrected chi connectivity index (χ2v) is 8.74. The zero-order valence-electron chi connectivity index (χ0n) is 19.4. The van der Waals surface area contributed by atoms with Crippen molar-refractivity contribution >= 4 is 12.1 Å². The van der Waals surface area contributed by atoms with Gasteiger partial charge in [0, 0.05) is 37.9 Å². The van der Waals surface area contributed by atoms with Crippen molar-refractivity contribution in [2.24, 2.45) is 0 Å². The minimum absolute atomic E-state index is 0.0480. The Morgan fingerprint density at radius 2 is 1.88 bits per heavy atom. The predicted molar refractivity (Wildman–Crippen MR) is 120 cm³/mol. The van der Waals surface area contributed by atoms with E-state index in [9.17, 15) is 9.59 Å². The van der Waals surface area contributed by atoms with Crippen molar-refractivity contribution in [3.8, 4) is 11.3 Å². The van der Waals surface area contributed by atoms with E-state index in [-0.39, 0.29) is 24.4 Å². The van der Waals surface area contributed by atoms with Crippen LogP contribution in [0.4, 0.5) is 4.79 Å². The molecule has 32 heavy (non-hydrogen) atoms. The minimum Gasteiger partial charge on any atom is -0.461 e. The number of amides is 1. The molecule has 1 saturated heterocycles. The number of rotatable bonds is 7. The van der Waals surface area contributed by atoms with Crippen molar-refractivity contribution in [1.82, 2.24) is 14.5 Å². The molecule has 1 aliphatic heterocycles. The van der Waals surface area contributed by atoms with E-state index in [0.717, 1.165) is 18.4 Å². The highest BCUT2D eigenvalue weighted by atomic mass is 16.6. The molecule has 0 saturated carbocycles. The van der Waals surface area contributed by atoms with E-state index < -0.39 is 11.6 Å². The molecule has 0 spiro atoms. The smallest absolute Gasteiger partial charge is 0.410 e. The molecular formula is C24H33N3O5. The van der Waals surface area contributed by atoms with Gasteiger partial charge in [-0.2, -0.15) is 0 Å². The van der Waals surface area contributed by atoms with Crippen LogP contribution in [-0.2, 0) is 20.8 Å². The lowest BCUT2D eigenvalue weighted by Gasteiger charge is -2.35. The average Bonchev–Trinajstić information content (AvgIpc) is 3.18. The Balaban J connectivity index is 1.86. The number of benzene rings is 1. The van der Waals surface area contributed by atoms with Gasteiger partial charge in [-0.1, -0.05) is 30.3 Å². The lowest BCUT2D eigenvalue weighted by Crippen LogP contribution is -2.47. The molecule has 1 amide bonds. The Kier molecular flexibility index (Phi) is 7.90. The summed E-state index contributed by atoms with van der Waals surface area (Å²) in [6, 6.07) is 9.66. The Hall–Kier alpha value is -2.87. The lowest BCUT2D eigenvalue weighted by atomic mass is 10.1. The van der Waals surface area contributed by atoms with Crippen molar-refractivity contribution in [3.63, 3.8) is 0 Å². The summed E-state index contributed by atoms with van der Waals surface area (Å²) in [5.41, 5.74) is 1.23. The van der Waals surface area contributed by atoms with Crippen LogP contribution in [0.5, 0.6) is 0 Å². The number of carbonyl (C=O) groups excluding carboxylic acids is 2. The predicted octanol–water partition coefficient (Wildman–Crippen LogP) is 4.14. The van der Waals surface area contributed by atoms with E-state index in [1.165, 1.54) is 0 Å². The van der Waals surface area contributed by atoms with Crippen LogP contribution in [0.25, 0.3) is 11.3 Å². The van der Waals surface area contributed by atoms with Crippen molar-refractivity contribution < 1.29 is 23.8 Å². The van der Waals surface area contributed by atoms with Crippen LogP contribution in [0.15, 0.2) is 36.7 Å². The first kappa shape index (κ1) is 23.8. The molecule has 0 atom stereocenters. The van der Waals surface area contributed by atoms with Gasteiger partial charge in [-0.15, -0.1) is 0 Å². The van der Waals surface area contributed by atoms with Crippen LogP contribution in [0.1, 0.15) is 51.0 Å². The summed E-state index contributed by atoms with van der Waals surface area (Å²) < 4.78 is 18.3. The number of hydrogen-bond acceptors (Lipinski definition) is 6. The summed E-state index contributed by atoms with van der Waals surface area (Å²) in [6.07, 6.45) is 2.83. The first-order valence-electron chi connectivity index (χ1n) is 11.1. The van der Waals surface area contributed by atoms with Gasteiger partial charge in [0.2, 0.25) is 0 Å². The summed E-state index contributed by atoms with van der Waals surface area (Å²) >= 11 is 0. The molecule has 174 valence electrons. The lowest BCUT2D eigenvalue weighted by molar-refractivity contribution is -0.00642. The van der Waals surface area contributed by atoms with Gasteiger partial charge in [0.1, 0.15) is 5.60 Å². The normalized spacial score (nSPS) is 14.8. The van der Waals surface area contributed by atoms with Crippen LogP contribution in [-0.4, -0.2) is 64.5 Å². The van der Waals surface area contributed by atoms with Crippen molar-refractivity contribution in [2.75, 3.05) is 26.4 Å². The first-order chi connectivity index (χ1) is 15.3. The molecule has 1 aromatic heterocycles. The third-order valence-electron chi connectivity index (χ3n) is 5.20. The summed E-state index contributed by atoms with van der Waals surface area (Å²) in [5.74, 6) is -0.460. The zero-order valence-corrected chi connectivity index (χ0v) is 19.4. The molecule has 1 aromatic carbocycles. The monoisotopic (exact) mass is 443 g/mol. The summed E-state index contributed by atoms with van der Waals surface area (Å²) in [6.45, 7) is 9.77. The quantitative estimate of drug-likeness (QED) is 0.598. The fraction of sp³-hybridized carbons (Fsp3) is 0.542. The van der Waals surface area contributed by atoms with Gasteiger partial charge in [0.25, 0.3) is 0 Å².